The first-order valence-electron chi connectivity index (χ1n) is 11.7. The maximum Gasteiger partial charge on any atom is 0.191 e. The molecule has 2 heterocycles. The van der Waals surface area contributed by atoms with Crippen molar-refractivity contribution in [1.29, 1.82) is 0 Å². The molecular formula is C22H42N4O3. The summed E-state index contributed by atoms with van der Waals surface area (Å²) in [6.45, 7) is 11.1. The van der Waals surface area contributed by atoms with E-state index in [0.717, 1.165) is 84.6 Å². The van der Waals surface area contributed by atoms with E-state index >= 15 is 0 Å². The van der Waals surface area contributed by atoms with Crippen LogP contribution in [0.15, 0.2) is 4.99 Å². The summed E-state index contributed by atoms with van der Waals surface area (Å²) in [6, 6.07) is 0.471. The van der Waals surface area contributed by atoms with Crippen LogP contribution in [0, 0.1) is 11.3 Å². The van der Waals surface area contributed by atoms with Gasteiger partial charge < -0.3 is 24.8 Å². The van der Waals surface area contributed by atoms with Crippen LogP contribution in [0.4, 0.5) is 0 Å². The summed E-state index contributed by atoms with van der Waals surface area (Å²) < 4.78 is 16.7. The van der Waals surface area contributed by atoms with Crippen molar-refractivity contribution >= 4 is 5.96 Å². The Morgan fingerprint density at radius 3 is 2.62 bits per heavy atom. The summed E-state index contributed by atoms with van der Waals surface area (Å²) in [4.78, 5) is 7.61. The number of guanidine groups is 1. The van der Waals surface area contributed by atoms with E-state index in [-0.39, 0.29) is 0 Å². The van der Waals surface area contributed by atoms with Crippen LogP contribution in [-0.2, 0) is 14.2 Å². The number of hydrogen-bond acceptors (Lipinski definition) is 5. The largest absolute Gasteiger partial charge is 0.385 e. The molecule has 7 heteroatoms. The Balaban J connectivity index is 1.60. The van der Waals surface area contributed by atoms with Crippen molar-refractivity contribution in [2.24, 2.45) is 16.3 Å². The second kappa shape index (κ2) is 12.1. The predicted molar refractivity (Wildman–Crippen MR) is 116 cm³/mol. The lowest BCUT2D eigenvalue weighted by molar-refractivity contribution is 0.00246. The van der Waals surface area contributed by atoms with Crippen LogP contribution in [0.5, 0.6) is 0 Å². The lowest BCUT2D eigenvalue weighted by Gasteiger charge is -2.37. The summed E-state index contributed by atoms with van der Waals surface area (Å²) in [5.74, 6) is 1.54. The minimum Gasteiger partial charge on any atom is -0.385 e. The van der Waals surface area contributed by atoms with Gasteiger partial charge in [-0.25, -0.2) is 0 Å². The minimum absolute atomic E-state index is 0.321. The van der Waals surface area contributed by atoms with Crippen molar-refractivity contribution in [2.75, 3.05) is 72.9 Å². The summed E-state index contributed by atoms with van der Waals surface area (Å²) in [5.41, 5.74) is 0.321. The van der Waals surface area contributed by atoms with E-state index in [9.17, 15) is 0 Å². The number of nitrogens with one attached hydrogen (secondary N) is 2. The number of rotatable bonds is 10. The van der Waals surface area contributed by atoms with Gasteiger partial charge in [-0.05, 0) is 38.0 Å². The molecule has 29 heavy (non-hydrogen) atoms. The second-order valence-electron chi connectivity index (χ2n) is 8.87. The molecule has 2 saturated heterocycles. The van der Waals surface area contributed by atoms with Gasteiger partial charge in [0.25, 0.3) is 0 Å². The fourth-order valence-electron chi connectivity index (χ4n) is 5.08. The lowest BCUT2D eigenvalue weighted by Crippen LogP contribution is -2.53. The van der Waals surface area contributed by atoms with Crippen LogP contribution in [-0.4, -0.2) is 89.8 Å². The second-order valence-corrected chi connectivity index (χ2v) is 8.87. The molecule has 3 aliphatic rings. The molecule has 1 saturated carbocycles. The summed E-state index contributed by atoms with van der Waals surface area (Å²) in [5, 5.41) is 7.12. The van der Waals surface area contributed by atoms with E-state index in [1.807, 2.05) is 0 Å². The monoisotopic (exact) mass is 410 g/mol. The van der Waals surface area contributed by atoms with E-state index in [2.05, 4.69) is 22.5 Å². The third kappa shape index (κ3) is 6.81. The zero-order chi connectivity index (χ0) is 20.4. The smallest absolute Gasteiger partial charge is 0.191 e. The molecule has 2 aliphatic heterocycles. The summed E-state index contributed by atoms with van der Waals surface area (Å²) in [6.07, 6.45) is 7.46. The van der Waals surface area contributed by atoms with Crippen molar-refractivity contribution in [3.8, 4) is 0 Å². The highest BCUT2D eigenvalue weighted by molar-refractivity contribution is 5.79. The molecule has 0 radical (unpaired) electrons. The van der Waals surface area contributed by atoms with Crippen molar-refractivity contribution in [2.45, 2.75) is 51.5 Å². The summed E-state index contributed by atoms with van der Waals surface area (Å²) in [7, 11) is 1.80. The maximum absolute atomic E-state index is 5.71. The Kier molecular flexibility index (Phi) is 9.49. The van der Waals surface area contributed by atoms with Gasteiger partial charge in [-0.15, -0.1) is 0 Å². The fourth-order valence-corrected chi connectivity index (χ4v) is 5.08. The Labute approximate surface area is 176 Å². The molecule has 7 nitrogen and oxygen atoms in total. The highest BCUT2D eigenvalue weighted by atomic mass is 16.5. The van der Waals surface area contributed by atoms with Gasteiger partial charge in [-0.2, -0.15) is 0 Å². The first-order chi connectivity index (χ1) is 14.3. The predicted octanol–water partition coefficient (Wildman–Crippen LogP) is 1.88. The van der Waals surface area contributed by atoms with E-state index < -0.39 is 0 Å². The quantitative estimate of drug-likeness (QED) is 0.423. The minimum atomic E-state index is 0.321. The first-order valence-corrected chi connectivity index (χ1v) is 11.7. The number of ether oxygens (including phenoxy) is 3. The molecule has 3 rings (SSSR count). The third-order valence-corrected chi connectivity index (χ3v) is 6.92. The highest BCUT2D eigenvalue weighted by Gasteiger charge is 2.34. The Hall–Kier alpha value is -0.890. The van der Waals surface area contributed by atoms with Crippen LogP contribution in [0.2, 0.25) is 0 Å². The van der Waals surface area contributed by atoms with Crippen molar-refractivity contribution in [1.82, 2.24) is 15.5 Å². The standard InChI is InChI=1S/C22H42N4O3/c1-3-23-21(25-18-22(9-13-27-2)7-4-5-8-22)24-16-20(19-6-12-29-17-19)26-10-14-28-15-11-26/h19-20H,3-18H2,1-2H3,(H2,23,24,25). The van der Waals surface area contributed by atoms with E-state index in [1.165, 1.54) is 25.7 Å². The molecule has 0 aromatic heterocycles. The SMILES string of the molecule is CCNC(=NCC1(CCOC)CCCC1)NCC(C1CCOC1)N1CCOCC1. The van der Waals surface area contributed by atoms with Gasteiger partial charge in [0.15, 0.2) is 5.96 Å². The molecule has 0 aromatic carbocycles. The van der Waals surface area contributed by atoms with Gasteiger partial charge in [0.1, 0.15) is 0 Å². The zero-order valence-corrected chi connectivity index (χ0v) is 18.6. The molecule has 2 N–H and O–H groups in total. The topological polar surface area (TPSA) is 67.4 Å². The Morgan fingerprint density at radius 1 is 1.17 bits per heavy atom. The first kappa shape index (κ1) is 22.8. The van der Waals surface area contributed by atoms with Crippen molar-refractivity contribution in [3.05, 3.63) is 0 Å². The maximum atomic E-state index is 5.71. The molecule has 168 valence electrons. The molecule has 3 fully saturated rings. The zero-order valence-electron chi connectivity index (χ0n) is 18.6. The molecule has 0 aromatic rings. The van der Waals surface area contributed by atoms with Gasteiger partial charge in [-0.3, -0.25) is 9.89 Å². The normalized spacial score (nSPS) is 26.6. The van der Waals surface area contributed by atoms with Crippen molar-refractivity contribution in [3.63, 3.8) is 0 Å². The average Bonchev–Trinajstić information content (AvgIpc) is 3.44. The van der Waals surface area contributed by atoms with Crippen LogP contribution in [0.25, 0.3) is 0 Å². The lowest BCUT2D eigenvalue weighted by atomic mass is 9.83. The van der Waals surface area contributed by atoms with Gasteiger partial charge in [0.2, 0.25) is 0 Å². The van der Waals surface area contributed by atoms with E-state index in [1.54, 1.807) is 7.11 Å². The molecule has 2 atom stereocenters. The molecule has 0 amide bonds. The number of methoxy groups -OCH3 is 1. The Bertz CT molecular complexity index is 484. The number of hydrogen-bond donors (Lipinski definition) is 2. The summed E-state index contributed by atoms with van der Waals surface area (Å²) >= 11 is 0. The van der Waals surface area contributed by atoms with E-state index in [0.29, 0.717) is 17.4 Å². The number of morpholine rings is 1. The Morgan fingerprint density at radius 2 is 1.97 bits per heavy atom. The highest BCUT2D eigenvalue weighted by Crippen LogP contribution is 2.41. The van der Waals surface area contributed by atoms with Gasteiger partial charge in [0.05, 0.1) is 19.8 Å². The van der Waals surface area contributed by atoms with Gasteiger partial charge in [-0.1, -0.05) is 12.8 Å². The molecular weight excluding hydrogens is 368 g/mol. The van der Waals surface area contributed by atoms with Gasteiger partial charge >= 0.3 is 0 Å². The molecule has 1 aliphatic carbocycles. The van der Waals surface area contributed by atoms with Gasteiger partial charge in [0, 0.05) is 65.0 Å². The fraction of sp³-hybridized carbons (Fsp3) is 0.955. The molecule has 0 bridgehead atoms. The van der Waals surface area contributed by atoms with Crippen LogP contribution < -0.4 is 10.6 Å². The van der Waals surface area contributed by atoms with Crippen LogP contribution in [0.3, 0.4) is 0 Å². The van der Waals surface area contributed by atoms with Crippen molar-refractivity contribution < 1.29 is 14.2 Å². The number of aliphatic imine (C=N–C) groups is 1. The molecule has 0 spiro atoms. The average molecular weight is 411 g/mol. The van der Waals surface area contributed by atoms with E-state index in [4.69, 9.17) is 19.2 Å². The molecule has 2 unspecified atom stereocenters. The third-order valence-electron chi connectivity index (χ3n) is 6.92. The van der Waals surface area contributed by atoms with Crippen LogP contribution >= 0.6 is 0 Å². The van der Waals surface area contributed by atoms with Crippen LogP contribution in [0.1, 0.15) is 45.4 Å². The number of nitrogens with zero attached hydrogens (tertiary/aromatic N) is 2.